The summed E-state index contributed by atoms with van der Waals surface area (Å²) in [4.78, 5) is 13.3. The van der Waals surface area contributed by atoms with Gasteiger partial charge in [-0.2, -0.15) is 0 Å². The van der Waals surface area contributed by atoms with Gasteiger partial charge in [-0.1, -0.05) is 0 Å². The molecule has 0 saturated carbocycles. The van der Waals surface area contributed by atoms with Crippen molar-refractivity contribution in [2.45, 2.75) is 18.3 Å². The van der Waals surface area contributed by atoms with E-state index in [4.69, 9.17) is 4.98 Å². The molecule has 1 fully saturated rings. The van der Waals surface area contributed by atoms with Crippen molar-refractivity contribution < 1.29 is 0 Å². The molecule has 2 bridgehead atoms. The molecule has 2 atom stereocenters. The Hall–Kier alpha value is -1.81. The van der Waals surface area contributed by atoms with Crippen molar-refractivity contribution in [1.82, 2.24) is 20.3 Å². The average Bonchev–Trinajstić information content (AvgIpc) is 2.71. The molecule has 18 heavy (non-hydrogen) atoms. The van der Waals surface area contributed by atoms with E-state index in [-0.39, 0.29) is 0 Å². The van der Waals surface area contributed by atoms with Gasteiger partial charge in [-0.05, 0) is 24.1 Å². The molecule has 0 aromatic carbocycles. The molecule has 2 aromatic rings. The summed E-state index contributed by atoms with van der Waals surface area (Å²) < 4.78 is 0. The van der Waals surface area contributed by atoms with Gasteiger partial charge in [0.15, 0.2) is 5.82 Å². The first kappa shape index (κ1) is 10.1. The summed E-state index contributed by atoms with van der Waals surface area (Å²) in [5.74, 6) is 2.01. The van der Waals surface area contributed by atoms with Gasteiger partial charge in [0.25, 0.3) is 0 Å². The van der Waals surface area contributed by atoms with Gasteiger partial charge < -0.3 is 5.32 Å². The predicted octanol–water partition coefficient (Wildman–Crippen LogP) is 1.71. The normalized spacial score (nSPS) is 24.9. The Labute approximate surface area is 106 Å². The van der Waals surface area contributed by atoms with E-state index in [1.165, 1.54) is 17.7 Å². The van der Waals surface area contributed by atoms with Crippen molar-refractivity contribution in [3.05, 3.63) is 42.0 Å². The Morgan fingerprint density at radius 1 is 1.11 bits per heavy atom. The topological polar surface area (TPSA) is 50.7 Å². The summed E-state index contributed by atoms with van der Waals surface area (Å²) in [6.45, 7) is 2.12. The van der Waals surface area contributed by atoms with Gasteiger partial charge >= 0.3 is 0 Å². The van der Waals surface area contributed by atoms with Crippen molar-refractivity contribution in [3.8, 4) is 11.4 Å². The molecule has 1 saturated heterocycles. The van der Waals surface area contributed by atoms with E-state index < -0.39 is 0 Å². The third kappa shape index (κ3) is 1.46. The van der Waals surface area contributed by atoms with Crippen LogP contribution in [0.2, 0.25) is 0 Å². The average molecular weight is 238 g/mol. The molecule has 1 aliphatic heterocycles. The third-order valence-corrected chi connectivity index (χ3v) is 3.96. The highest BCUT2D eigenvalue weighted by atomic mass is 15.0. The maximum Gasteiger partial charge on any atom is 0.159 e. The lowest BCUT2D eigenvalue weighted by atomic mass is 9.98. The fraction of sp³-hybridized carbons (Fsp3) is 0.357. The number of nitrogens with zero attached hydrogens (tertiary/aromatic N) is 3. The first-order valence-electron chi connectivity index (χ1n) is 6.40. The molecule has 2 aliphatic rings. The summed E-state index contributed by atoms with van der Waals surface area (Å²) in [5.41, 5.74) is 3.65. The fourth-order valence-electron chi connectivity index (χ4n) is 3.07. The number of nitrogens with one attached hydrogen (secondary N) is 1. The molecular formula is C14H14N4. The SMILES string of the molecule is c1cc(-c2ncc3c(n2)C2CNCC3C2)ccn1. The van der Waals surface area contributed by atoms with Crippen LogP contribution in [0.25, 0.3) is 11.4 Å². The van der Waals surface area contributed by atoms with E-state index in [0.717, 1.165) is 24.5 Å². The van der Waals surface area contributed by atoms with Gasteiger partial charge in [-0.25, -0.2) is 9.97 Å². The van der Waals surface area contributed by atoms with Crippen LogP contribution in [0, 0.1) is 0 Å². The van der Waals surface area contributed by atoms with E-state index in [1.807, 2.05) is 18.3 Å². The molecule has 0 spiro atoms. The minimum atomic E-state index is 0.572. The highest BCUT2D eigenvalue weighted by Gasteiger charge is 2.35. The van der Waals surface area contributed by atoms with Gasteiger partial charge in [0.1, 0.15) is 0 Å². The summed E-state index contributed by atoms with van der Waals surface area (Å²) in [6.07, 6.45) is 6.82. The van der Waals surface area contributed by atoms with E-state index in [0.29, 0.717) is 11.8 Å². The first-order chi connectivity index (χ1) is 8.92. The van der Waals surface area contributed by atoms with Gasteiger partial charge in [-0.3, -0.25) is 4.98 Å². The molecule has 4 rings (SSSR count). The van der Waals surface area contributed by atoms with E-state index >= 15 is 0 Å². The van der Waals surface area contributed by atoms with Gasteiger partial charge in [0.05, 0.1) is 5.69 Å². The van der Waals surface area contributed by atoms with Crippen LogP contribution >= 0.6 is 0 Å². The zero-order chi connectivity index (χ0) is 11.9. The van der Waals surface area contributed by atoms with Crippen LogP contribution in [0.4, 0.5) is 0 Å². The van der Waals surface area contributed by atoms with Gasteiger partial charge in [-0.15, -0.1) is 0 Å². The maximum atomic E-state index is 4.79. The minimum Gasteiger partial charge on any atom is -0.315 e. The van der Waals surface area contributed by atoms with Crippen LogP contribution in [-0.2, 0) is 0 Å². The summed E-state index contributed by atoms with van der Waals surface area (Å²) in [6, 6.07) is 3.92. The van der Waals surface area contributed by atoms with Crippen LogP contribution in [-0.4, -0.2) is 28.0 Å². The van der Waals surface area contributed by atoms with E-state index in [9.17, 15) is 0 Å². The lowest BCUT2D eigenvalue weighted by Crippen LogP contribution is -2.28. The van der Waals surface area contributed by atoms with Crippen molar-refractivity contribution in [2.24, 2.45) is 0 Å². The smallest absolute Gasteiger partial charge is 0.159 e. The Kier molecular flexibility index (Phi) is 2.17. The Morgan fingerprint density at radius 2 is 1.94 bits per heavy atom. The number of hydrogen-bond acceptors (Lipinski definition) is 4. The molecule has 4 heteroatoms. The summed E-state index contributed by atoms with van der Waals surface area (Å²) in [7, 11) is 0. The van der Waals surface area contributed by atoms with Crippen LogP contribution in [0.5, 0.6) is 0 Å². The standard InChI is InChI=1S/C14H14N4/c1-3-15-4-2-9(1)14-17-8-12-10-5-11(7-16-6-10)13(12)18-14/h1-4,8,10-11,16H,5-7H2. The van der Waals surface area contributed by atoms with Gasteiger partial charge in [0, 0.05) is 49.1 Å². The molecule has 0 amide bonds. The monoisotopic (exact) mass is 238 g/mol. The van der Waals surface area contributed by atoms with Crippen LogP contribution in [0.1, 0.15) is 29.5 Å². The number of piperidine rings is 1. The molecule has 1 N–H and O–H groups in total. The molecule has 3 heterocycles. The van der Waals surface area contributed by atoms with Crippen molar-refractivity contribution in [3.63, 3.8) is 0 Å². The zero-order valence-electron chi connectivity index (χ0n) is 10.0. The summed E-state index contributed by atoms with van der Waals surface area (Å²) >= 11 is 0. The number of fused-ring (bicyclic) bond motifs is 5. The number of aromatic nitrogens is 3. The van der Waals surface area contributed by atoms with Crippen LogP contribution in [0.3, 0.4) is 0 Å². The Balaban J connectivity index is 1.81. The fourth-order valence-corrected chi connectivity index (χ4v) is 3.07. The molecule has 4 nitrogen and oxygen atoms in total. The molecule has 1 aliphatic carbocycles. The minimum absolute atomic E-state index is 0.572. The molecule has 0 radical (unpaired) electrons. The highest BCUT2D eigenvalue weighted by Crippen LogP contribution is 2.42. The van der Waals surface area contributed by atoms with Crippen molar-refractivity contribution in [1.29, 1.82) is 0 Å². The van der Waals surface area contributed by atoms with Gasteiger partial charge in [0.2, 0.25) is 0 Å². The lowest BCUT2D eigenvalue weighted by Gasteiger charge is -2.19. The van der Waals surface area contributed by atoms with E-state index in [2.05, 4.69) is 15.3 Å². The number of pyridine rings is 1. The second kappa shape index (κ2) is 3.85. The lowest BCUT2D eigenvalue weighted by molar-refractivity contribution is 0.451. The zero-order valence-corrected chi connectivity index (χ0v) is 10.0. The second-order valence-corrected chi connectivity index (χ2v) is 5.06. The third-order valence-electron chi connectivity index (χ3n) is 3.96. The number of hydrogen-bond donors (Lipinski definition) is 1. The van der Waals surface area contributed by atoms with Crippen molar-refractivity contribution in [2.75, 3.05) is 13.1 Å². The Bertz CT molecular complexity index is 582. The second-order valence-electron chi connectivity index (χ2n) is 5.06. The Morgan fingerprint density at radius 3 is 2.83 bits per heavy atom. The number of rotatable bonds is 1. The summed E-state index contributed by atoms with van der Waals surface area (Å²) in [5, 5.41) is 3.48. The van der Waals surface area contributed by atoms with Crippen molar-refractivity contribution >= 4 is 0 Å². The van der Waals surface area contributed by atoms with Crippen LogP contribution < -0.4 is 5.32 Å². The van der Waals surface area contributed by atoms with Crippen LogP contribution in [0.15, 0.2) is 30.7 Å². The quantitative estimate of drug-likeness (QED) is 0.821. The first-order valence-corrected chi connectivity index (χ1v) is 6.40. The predicted molar refractivity (Wildman–Crippen MR) is 68.2 cm³/mol. The van der Waals surface area contributed by atoms with E-state index in [1.54, 1.807) is 12.4 Å². The maximum absolute atomic E-state index is 4.79. The highest BCUT2D eigenvalue weighted by molar-refractivity contribution is 5.54. The largest absolute Gasteiger partial charge is 0.315 e. The molecule has 2 unspecified atom stereocenters. The molecular weight excluding hydrogens is 224 g/mol. The molecule has 2 aromatic heterocycles. The molecule has 90 valence electrons.